The fourth-order valence-corrected chi connectivity index (χ4v) is 10.0. The number of hydrogen-bond donors (Lipinski definition) is 4. The number of rotatable bonds is 13. The van der Waals surface area contributed by atoms with E-state index in [0.717, 1.165) is 19.3 Å². The third-order valence-corrected chi connectivity index (χ3v) is 14.3. The van der Waals surface area contributed by atoms with E-state index in [1.165, 1.54) is 40.5 Å². The van der Waals surface area contributed by atoms with E-state index >= 15 is 0 Å². The highest BCUT2D eigenvalue weighted by molar-refractivity contribution is 7.91. The van der Waals surface area contributed by atoms with Gasteiger partial charge in [-0.05, 0) is 55.1 Å². The van der Waals surface area contributed by atoms with Gasteiger partial charge in [-0.2, -0.15) is 0 Å². The van der Waals surface area contributed by atoms with Crippen molar-refractivity contribution in [3.05, 3.63) is 72.1 Å². The minimum atomic E-state index is -3.98. The third-order valence-electron chi connectivity index (χ3n) is 12.4. The average Bonchev–Trinajstić information content (AvgIpc) is 4.12. The number of fused-ring (bicyclic) bond motifs is 1. The Kier molecular flexibility index (Phi) is 12.2. The Labute approximate surface area is 354 Å². The number of ether oxygens (including phenoxy) is 1. The highest BCUT2D eigenvalue weighted by atomic mass is 32.2. The summed E-state index contributed by atoms with van der Waals surface area (Å²) in [5.41, 5.74) is -1.64. The van der Waals surface area contributed by atoms with Crippen molar-refractivity contribution in [2.75, 3.05) is 6.54 Å². The molecule has 1 aromatic carbocycles. The SMILES string of the molecule is C=C[C@H]1C[C@@]1(NC(=O)[C@@H]1C[C@@H](OC(=O)N2Cc3cccc(F)c3C2)CN1C(=O)[C@@H](NC(=O)[C@@H](NC(=O)c1cnccn1)C1CCCCC1)C(C)(C)C)C(=O)NS(=O)(=O)C1CC1. The molecule has 17 nitrogen and oxygen atoms in total. The van der Waals surface area contributed by atoms with Crippen molar-refractivity contribution >= 4 is 45.7 Å². The van der Waals surface area contributed by atoms with Crippen molar-refractivity contribution in [1.29, 1.82) is 0 Å². The number of carbonyl (C=O) groups is 6. The normalized spacial score (nSPS) is 24.8. The van der Waals surface area contributed by atoms with Crippen LogP contribution in [0.3, 0.4) is 0 Å². The van der Waals surface area contributed by atoms with Gasteiger partial charge in [-0.1, -0.05) is 58.2 Å². The van der Waals surface area contributed by atoms with Gasteiger partial charge in [-0.3, -0.25) is 38.6 Å². The fourth-order valence-electron chi connectivity index (χ4n) is 8.66. The average molecular weight is 865 g/mol. The molecule has 3 saturated carbocycles. The Bertz CT molecular complexity index is 2190. The molecule has 6 amide bonds. The first-order chi connectivity index (χ1) is 28.9. The summed E-state index contributed by atoms with van der Waals surface area (Å²) in [5, 5.41) is 7.73. The maximum atomic E-state index is 14.9. The molecule has 0 unspecified atom stereocenters. The van der Waals surface area contributed by atoms with Gasteiger partial charge in [-0.15, -0.1) is 6.58 Å². The summed E-state index contributed by atoms with van der Waals surface area (Å²) >= 11 is 0. The highest BCUT2D eigenvalue weighted by Crippen LogP contribution is 2.45. The van der Waals surface area contributed by atoms with Crippen LogP contribution in [0.25, 0.3) is 0 Å². The van der Waals surface area contributed by atoms with E-state index in [1.54, 1.807) is 32.9 Å². The van der Waals surface area contributed by atoms with Crippen molar-refractivity contribution in [3.63, 3.8) is 0 Å². The maximum absolute atomic E-state index is 14.9. The van der Waals surface area contributed by atoms with Crippen molar-refractivity contribution in [2.45, 2.75) is 127 Å². The van der Waals surface area contributed by atoms with Crippen molar-refractivity contribution < 1.29 is 46.3 Å². The van der Waals surface area contributed by atoms with Gasteiger partial charge in [0.15, 0.2) is 0 Å². The molecule has 2 aliphatic heterocycles. The van der Waals surface area contributed by atoms with Crippen LogP contribution in [0, 0.1) is 23.1 Å². The quantitative estimate of drug-likeness (QED) is 0.214. The van der Waals surface area contributed by atoms with E-state index in [4.69, 9.17) is 4.74 Å². The number of amides is 6. The lowest BCUT2D eigenvalue weighted by molar-refractivity contribution is -0.145. The molecule has 0 bridgehead atoms. The number of nitrogens with zero attached hydrogens (tertiary/aromatic N) is 4. The number of hydrogen-bond acceptors (Lipinski definition) is 11. The maximum Gasteiger partial charge on any atom is 0.410 e. The fraction of sp³-hybridized carbons (Fsp3) is 0.571. The third kappa shape index (κ3) is 9.40. The predicted molar refractivity (Wildman–Crippen MR) is 217 cm³/mol. The zero-order valence-electron chi connectivity index (χ0n) is 34.5. The molecule has 1 aromatic heterocycles. The van der Waals surface area contributed by atoms with Crippen molar-refractivity contribution in [2.24, 2.45) is 17.3 Å². The second-order valence-corrected chi connectivity index (χ2v) is 19.9. The molecule has 3 heterocycles. The first kappa shape index (κ1) is 43.6. The topological polar surface area (TPSA) is 226 Å². The van der Waals surface area contributed by atoms with Crippen LogP contribution in [0.5, 0.6) is 0 Å². The second-order valence-electron chi connectivity index (χ2n) is 17.9. The van der Waals surface area contributed by atoms with Crippen LogP contribution in [0.2, 0.25) is 0 Å². The van der Waals surface area contributed by atoms with Crippen LogP contribution in [-0.2, 0) is 47.0 Å². The van der Waals surface area contributed by atoms with E-state index < -0.39 is 97.8 Å². The first-order valence-corrected chi connectivity index (χ1v) is 22.4. The molecule has 3 aliphatic carbocycles. The van der Waals surface area contributed by atoms with Crippen LogP contribution in [0.4, 0.5) is 9.18 Å². The van der Waals surface area contributed by atoms with Gasteiger partial charge >= 0.3 is 6.09 Å². The number of benzene rings is 1. The van der Waals surface area contributed by atoms with Crippen LogP contribution < -0.4 is 20.7 Å². The monoisotopic (exact) mass is 864 g/mol. The minimum absolute atomic E-state index is 0.0139. The highest BCUT2D eigenvalue weighted by Gasteiger charge is 2.62. The van der Waals surface area contributed by atoms with Gasteiger partial charge in [-0.25, -0.2) is 22.6 Å². The van der Waals surface area contributed by atoms with Crippen LogP contribution in [-0.4, -0.2) is 105 Å². The molecule has 19 heteroatoms. The van der Waals surface area contributed by atoms with Crippen molar-refractivity contribution in [1.82, 2.24) is 40.4 Å². The predicted octanol–water partition coefficient (Wildman–Crippen LogP) is 2.62. The molecule has 4 N–H and O–H groups in total. The Morgan fingerprint density at radius 3 is 2.38 bits per heavy atom. The molecule has 0 radical (unpaired) electrons. The summed E-state index contributed by atoms with van der Waals surface area (Å²) < 4.78 is 48.1. The summed E-state index contributed by atoms with van der Waals surface area (Å²) in [7, 11) is -3.98. The van der Waals surface area contributed by atoms with E-state index in [2.05, 4.69) is 37.2 Å². The lowest BCUT2D eigenvalue weighted by atomic mass is 9.82. The number of nitrogens with one attached hydrogen (secondary N) is 4. The van der Waals surface area contributed by atoms with Crippen LogP contribution in [0.1, 0.15) is 100 Å². The van der Waals surface area contributed by atoms with Gasteiger partial charge in [0, 0.05) is 36.8 Å². The molecule has 1 saturated heterocycles. The summed E-state index contributed by atoms with van der Waals surface area (Å²) in [4.78, 5) is 94.7. The summed E-state index contributed by atoms with van der Waals surface area (Å²) in [6.07, 6.45) is 8.32. The zero-order valence-corrected chi connectivity index (χ0v) is 35.3. The number of halogens is 1. The number of aromatic nitrogens is 2. The smallest absolute Gasteiger partial charge is 0.410 e. The number of carbonyl (C=O) groups excluding carboxylic acids is 6. The van der Waals surface area contributed by atoms with E-state index in [-0.39, 0.29) is 44.1 Å². The Morgan fingerprint density at radius 2 is 1.75 bits per heavy atom. The molecule has 7 rings (SSSR count). The lowest BCUT2D eigenvalue weighted by Crippen LogP contribution is -2.62. The summed E-state index contributed by atoms with van der Waals surface area (Å²) in [6, 6.07) is 0.898. The summed E-state index contributed by atoms with van der Waals surface area (Å²) in [5.74, 6) is -4.95. The molecule has 61 heavy (non-hydrogen) atoms. The number of sulfonamides is 1. The van der Waals surface area contributed by atoms with Gasteiger partial charge in [0.25, 0.3) is 11.8 Å². The van der Waals surface area contributed by atoms with Crippen molar-refractivity contribution in [3.8, 4) is 0 Å². The first-order valence-electron chi connectivity index (χ1n) is 20.8. The van der Waals surface area contributed by atoms with Gasteiger partial charge in [0.2, 0.25) is 27.7 Å². The number of likely N-dealkylation sites (tertiary alicyclic amines) is 1. The molecule has 6 atom stereocenters. The Hall–Kier alpha value is -5.46. The van der Waals surface area contributed by atoms with E-state index in [9.17, 15) is 41.6 Å². The molecule has 328 valence electrons. The van der Waals surface area contributed by atoms with E-state index in [0.29, 0.717) is 36.8 Å². The van der Waals surface area contributed by atoms with Crippen LogP contribution in [0.15, 0.2) is 49.4 Å². The molecule has 2 aromatic rings. The Balaban J connectivity index is 1.14. The van der Waals surface area contributed by atoms with E-state index in [1.807, 2.05) is 0 Å². The standard InChI is InChI=1S/C42H53FN8O9S/c1-5-26-19-42(26,39(56)49-61(58,59)28-14-15-28)48-36(53)32-18-27(60-40(57)50-21-25-12-9-13-30(43)29(25)23-50)22-51(32)38(55)34(41(2,3)4)47-37(54)33(24-10-7-6-8-11-24)46-35(52)31-20-44-16-17-45-31/h5,9,12-13,16-17,20,24,26-28,32-34H,1,6-8,10-11,14-15,18-19,21-23H2,2-4H3,(H,46,52)(H,47,54)(H,48,53)(H,49,56)/t26-,27+,32-,33-,34+,42-/m0/s1. The largest absolute Gasteiger partial charge is 0.444 e. The minimum Gasteiger partial charge on any atom is -0.444 e. The van der Waals surface area contributed by atoms with Gasteiger partial charge in [0.1, 0.15) is 41.3 Å². The molecular weight excluding hydrogens is 812 g/mol. The van der Waals surface area contributed by atoms with Gasteiger partial charge in [0.05, 0.1) is 24.5 Å². The lowest BCUT2D eigenvalue weighted by Gasteiger charge is -2.37. The van der Waals surface area contributed by atoms with Crippen LogP contribution >= 0.6 is 0 Å². The Morgan fingerprint density at radius 1 is 1.02 bits per heavy atom. The summed E-state index contributed by atoms with van der Waals surface area (Å²) in [6.45, 7) is 8.71. The molecule has 0 spiro atoms. The zero-order chi connectivity index (χ0) is 43.9. The second kappa shape index (κ2) is 17.1. The molecule has 4 fully saturated rings. The van der Waals surface area contributed by atoms with Gasteiger partial charge < -0.3 is 25.6 Å². The molecule has 5 aliphatic rings. The molecular formula is C42H53FN8O9S.